The number of carbonyl (C=O) groups is 1. The van der Waals surface area contributed by atoms with E-state index < -0.39 is 0 Å². The molecule has 4 heteroatoms. The fraction of sp³-hybridized carbons (Fsp3) is 0.462. The van der Waals surface area contributed by atoms with Gasteiger partial charge in [-0.25, -0.2) is 0 Å². The normalized spacial score (nSPS) is 11.9. The summed E-state index contributed by atoms with van der Waals surface area (Å²) in [5.41, 5.74) is 6.43. The predicted molar refractivity (Wildman–Crippen MR) is 68.1 cm³/mol. The van der Waals surface area contributed by atoms with E-state index in [2.05, 4.69) is 5.32 Å². The van der Waals surface area contributed by atoms with E-state index in [9.17, 15) is 4.79 Å². The molecule has 1 atom stereocenters. The minimum atomic E-state index is 0.0331. The van der Waals surface area contributed by atoms with E-state index in [1.165, 1.54) is 0 Å². The molecule has 1 unspecified atom stereocenters. The number of rotatable bonds is 6. The second-order valence-corrected chi connectivity index (χ2v) is 4.02. The van der Waals surface area contributed by atoms with Gasteiger partial charge in [-0.3, -0.25) is 4.79 Å². The third-order valence-corrected chi connectivity index (χ3v) is 2.62. The smallest absolute Gasteiger partial charge is 0.220 e. The molecule has 0 saturated heterocycles. The summed E-state index contributed by atoms with van der Waals surface area (Å²) in [5.74, 6) is 1.02. The summed E-state index contributed by atoms with van der Waals surface area (Å²) in [4.78, 5) is 11.5. The molecule has 0 aliphatic heterocycles. The molecule has 0 saturated carbocycles. The molecule has 0 aliphatic carbocycles. The monoisotopic (exact) mass is 236 g/mol. The van der Waals surface area contributed by atoms with Crippen molar-refractivity contribution in [2.45, 2.75) is 19.3 Å². The minimum absolute atomic E-state index is 0.0331. The lowest BCUT2D eigenvalue weighted by Crippen LogP contribution is -2.29. The Labute approximate surface area is 102 Å². The van der Waals surface area contributed by atoms with Gasteiger partial charge in [-0.1, -0.05) is 19.1 Å². The molecule has 4 nitrogen and oxygen atoms in total. The second-order valence-electron chi connectivity index (χ2n) is 4.02. The van der Waals surface area contributed by atoms with Gasteiger partial charge in [0.2, 0.25) is 5.91 Å². The zero-order valence-corrected chi connectivity index (χ0v) is 10.4. The Morgan fingerprint density at radius 2 is 2.29 bits per heavy atom. The average Bonchev–Trinajstić information content (AvgIpc) is 2.36. The number of hydrogen-bond donors (Lipinski definition) is 2. The predicted octanol–water partition coefficient (Wildman–Crippen LogP) is 1.26. The minimum Gasteiger partial charge on any atom is -0.497 e. The van der Waals surface area contributed by atoms with Crippen molar-refractivity contribution in [3.05, 3.63) is 29.8 Å². The van der Waals surface area contributed by atoms with Crippen LogP contribution in [0, 0.1) is 0 Å². The molecule has 0 bridgehead atoms. The summed E-state index contributed by atoms with van der Waals surface area (Å²) in [6.07, 6.45) is 0.465. The maximum atomic E-state index is 11.5. The van der Waals surface area contributed by atoms with Gasteiger partial charge in [0, 0.05) is 19.5 Å². The number of hydrogen-bond acceptors (Lipinski definition) is 3. The van der Waals surface area contributed by atoms with Gasteiger partial charge in [-0.05, 0) is 23.6 Å². The summed E-state index contributed by atoms with van der Waals surface area (Å²) >= 11 is 0. The maximum Gasteiger partial charge on any atom is 0.220 e. The number of amides is 1. The van der Waals surface area contributed by atoms with Gasteiger partial charge in [0.05, 0.1) is 7.11 Å². The summed E-state index contributed by atoms with van der Waals surface area (Å²) < 4.78 is 5.16. The number of methoxy groups -OCH3 is 1. The highest BCUT2D eigenvalue weighted by Gasteiger charge is 2.11. The lowest BCUT2D eigenvalue weighted by atomic mass is 9.97. The molecule has 1 amide bonds. The third kappa shape index (κ3) is 4.44. The largest absolute Gasteiger partial charge is 0.497 e. The molecule has 0 aliphatic rings. The molecule has 3 N–H and O–H groups in total. The number of nitrogens with one attached hydrogen (secondary N) is 1. The van der Waals surface area contributed by atoms with E-state index in [4.69, 9.17) is 10.5 Å². The highest BCUT2D eigenvalue weighted by Crippen LogP contribution is 2.22. The quantitative estimate of drug-likeness (QED) is 0.781. The first kappa shape index (κ1) is 13.5. The molecule has 0 fully saturated rings. The van der Waals surface area contributed by atoms with E-state index in [1.807, 2.05) is 31.2 Å². The molecule has 94 valence electrons. The Hall–Kier alpha value is -1.55. The lowest BCUT2D eigenvalue weighted by molar-refractivity contribution is -0.121. The first-order chi connectivity index (χ1) is 8.17. The van der Waals surface area contributed by atoms with Crippen molar-refractivity contribution in [1.82, 2.24) is 5.32 Å². The van der Waals surface area contributed by atoms with Crippen LogP contribution in [0.1, 0.15) is 24.8 Å². The van der Waals surface area contributed by atoms with E-state index in [0.717, 1.165) is 11.3 Å². The van der Waals surface area contributed by atoms with E-state index in [1.54, 1.807) is 7.11 Å². The average molecular weight is 236 g/mol. The number of ether oxygens (including phenoxy) is 1. The van der Waals surface area contributed by atoms with E-state index >= 15 is 0 Å². The van der Waals surface area contributed by atoms with Crippen molar-refractivity contribution < 1.29 is 9.53 Å². The van der Waals surface area contributed by atoms with Crippen molar-refractivity contribution in [1.29, 1.82) is 0 Å². The molecule has 0 heterocycles. The van der Waals surface area contributed by atoms with Gasteiger partial charge >= 0.3 is 0 Å². The van der Waals surface area contributed by atoms with Crippen molar-refractivity contribution in [3.63, 3.8) is 0 Å². The Kier molecular flexibility index (Phi) is 5.49. The second kappa shape index (κ2) is 6.91. The van der Waals surface area contributed by atoms with Gasteiger partial charge < -0.3 is 15.8 Å². The Balaban J connectivity index is 2.56. The van der Waals surface area contributed by atoms with Crippen LogP contribution in [0.3, 0.4) is 0 Å². The van der Waals surface area contributed by atoms with Crippen LogP contribution in [0.2, 0.25) is 0 Å². The van der Waals surface area contributed by atoms with E-state index in [-0.39, 0.29) is 11.8 Å². The van der Waals surface area contributed by atoms with Crippen LogP contribution in [0.15, 0.2) is 24.3 Å². The molecule has 1 rings (SSSR count). The lowest BCUT2D eigenvalue weighted by Gasteiger charge is -2.12. The Morgan fingerprint density at radius 3 is 2.94 bits per heavy atom. The summed E-state index contributed by atoms with van der Waals surface area (Å²) in [6.45, 7) is 3.03. The van der Waals surface area contributed by atoms with Crippen molar-refractivity contribution in [2.75, 3.05) is 20.2 Å². The van der Waals surface area contributed by atoms with Gasteiger partial charge in [0.1, 0.15) is 5.75 Å². The molecule has 1 aromatic rings. The molecule has 0 radical (unpaired) electrons. The molecule has 17 heavy (non-hydrogen) atoms. The molecule has 1 aromatic carbocycles. The topological polar surface area (TPSA) is 64.3 Å². The Bertz CT molecular complexity index is 366. The first-order valence-electron chi connectivity index (χ1n) is 5.78. The number of carbonyl (C=O) groups excluding carboxylic acids is 1. The van der Waals surface area contributed by atoms with Crippen LogP contribution >= 0.6 is 0 Å². The highest BCUT2D eigenvalue weighted by molar-refractivity contribution is 5.76. The zero-order chi connectivity index (χ0) is 12.7. The van der Waals surface area contributed by atoms with Crippen molar-refractivity contribution in [2.24, 2.45) is 5.73 Å². The van der Waals surface area contributed by atoms with E-state index in [0.29, 0.717) is 19.5 Å². The van der Waals surface area contributed by atoms with Crippen molar-refractivity contribution >= 4 is 5.91 Å². The van der Waals surface area contributed by atoms with Crippen LogP contribution in [0.25, 0.3) is 0 Å². The standard InChI is InChI=1S/C13H20N2O2/c1-10(8-13(16)15-7-6-14)11-4-3-5-12(9-11)17-2/h3-5,9-10H,6-8,14H2,1-2H3,(H,15,16). The first-order valence-corrected chi connectivity index (χ1v) is 5.78. The Morgan fingerprint density at radius 1 is 1.53 bits per heavy atom. The van der Waals surface area contributed by atoms with Crippen LogP contribution in [0.5, 0.6) is 5.75 Å². The fourth-order valence-electron chi connectivity index (χ4n) is 1.63. The fourth-order valence-corrected chi connectivity index (χ4v) is 1.63. The maximum absolute atomic E-state index is 11.5. The summed E-state index contributed by atoms with van der Waals surface area (Å²) in [5, 5.41) is 2.77. The van der Waals surface area contributed by atoms with Gasteiger partial charge in [-0.15, -0.1) is 0 Å². The molecule has 0 aromatic heterocycles. The molecular formula is C13H20N2O2. The summed E-state index contributed by atoms with van der Waals surface area (Å²) in [7, 11) is 1.64. The SMILES string of the molecule is COc1cccc(C(C)CC(=O)NCCN)c1. The van der Waals surface area contributed by atoms with Gasteiger partial charge in [0.25, 0.3) is 0 Å². The van der Waals surface area contributed by atoms with Gasteiger partial charge in [-0.2, -0.15) is 0 Å². The molecular weight excluding hydrogens is 216 g/mol. The third-order valence-electron chi connectivity index (χ3n) is 2.62. The van der Waals surface area contributed by atoms with Crippen molar-refractivity contribution in [3.8, 4) is 5.75 Å². The summed E-state index contributed by atoms with van der Waals surface area (Å²) in [6, 6.07) is 7.79. The van der Waals surface area contributed by atoms with Gasteiger partial charge in [0.15, 0.2) is 0 Å². The van der Waals surface area contributed by atoms with Crippen LogP contribution in [-0.2, 0) is 4.79 Å². The number of nitrogens with two attached hydrogens (primary N) is 1. The van der Waals surface area contributed by atoms with Crippen LogP contribution in [-0.4, -0.2) is 26.1 Å². The van der Waals surface area contributed by atoms with Crippen LogP contribution in [0.4, 0.5) is 0 Å². The highest BCUT2D eigenvalue weighted by atomic mass is 16.5. The molecule has 0 spiro atoms. The number of benzene rings is 1. The zero-order valence-electron chi connectivity index (χ0n) is 10.4. The van der Waals surface area contributed by atoms with Crippen LogP contribution < -0.4 is 15.8 Å².